The molecule has 2 heterocycles. The van der Waals surface area contributed by atoms with Gasteiger partial charge in [-0.05, 0) is 48.7 Å². The minimum absolute atomic E-state index is 0.0246. The van der Waals surface area contributed by atoms with Gasteiger partial charge in [0.2, 0.25) is 11.9 Å². The largest absolute Gasteiger partial charge is 0.352 e. The Hall–Kier alpha value is -3.48. The fourth-order valence-electron chi connectivity index (χ4n) is 3.72. The Labute approximate surface area is 173 Å². The van der Waals surface area contributed by atoms with Crippen molar-refractivity contribution in [3.8, 4) is 0 Å². The first-order valence-electron chi connectivity index (χ1n) is 9.87. The van der Waals surface area contributed by atoms with E-state index in [4.69, 9.17) is 0 Å². The lowest BCUT2D eigenvalue weighted by Crippen LogP contribution is -2.25. The maximum absolute atomic E-state index is 13.0. The number of rotatable bonds is 5. The van der Waals surface area contributed by atoms with Gasteiger partial charge in [0.25, 0.3) is 5.56 Å². The fraction of sp³-hybridized carbons (Fsp3) is 0.261. The van der Waals surface area contributed by atoms with Crippen molar-refractivity contribution in [1.82, 2.24) is 9.97 Å². The van der Waals surface area contributed by atoms with Gasteiger partial charge in [0.15, 0.2) is 0 Å². The molecule has 0 spiro atoms. The van der Waals surface area contributed by atoms with E-state index in [-0.39, 0.29) is 23.2 Å². The standard InChI is InChI=1S/C23H23FN4O2/c1-14-4-3-5-20(15(14)2)28-13-17(10-22(28)30)19-11-21(29)27-23(26-19)25-12-16-6-8-18(24)9-7-16/h3-9,11,17H,10,12-13H2,1-2H3,(H2,25,26,27,29). The Morgan fingerprint density at radius 2 is 1.93 bits per heavy atom. The van der Waals surface area contributed by atoms with Gasteiger partial charge < -0.3 is 10.2 Å². The lowest BCUT2D eigenvalue weighted by Gasteiger charge is -2.20. The summed E-state index contributed by atoms with van der Waals surface area (Å²) in [5.74, 6) is -0.103. The SMILES string of the molecule is Cc1cccc(N2CC(c3cc(=O)[nH]c(NCc4ccc(F)cc4)n3)CC2=O)c1C. The molecule has 1 atom stereocenters. The van der Waals surface area contributed by atoms with Crippen LogP contribution in [0.2, 0.25) is 0 Å². The van der Waals surface area contributed by atoms with Crippen molar-refractivity contribution in [2.45, 2.75) is 32.7 Å². The number of halogens is 1. The Kier molecular flexibility index (Phi) is 5.35. The summed E-state index contributed by atoms with van der Waals surface area (Å²) in [6.07, 6.45) is 0.307. The molecule has 6 nitrogen and oxygen atoms in total. The molecule has 0 aliphatic carbocycles. The van der Waals surface area contributed by atoms with E-state index in [9.17, 15) is 14.0 Å². The predicted octanol–water partition coefficient (Wildman–Crippen LogP) is 3.66. The van der Waals surface area contributed by atoms with Crippen LogP contribution in [0.3, 0.4) is 0 Å². The lowest BCUT2D eigenvalue weighted by atomic mass is 10.0. The predicted molar refractivity (Wildman–Crippen MR) is 114 cm³/mol. The van der Waals surface area contributed by atoms with Crippen LogP contribution in [0.15, 0.2) is 53.3 Å². The molecular formula is C23H23FN4O2. The van der Waals surface area contributed by atoms with Crippen LogP contribution in [0.1, 0.15) is 34.7 Å². The zero-order valence-electron chi connectivity index (χ0n) is 16.9. The molecular weight excluding hydrogens is 383 g/mol. The van der Waals surface area contributed by atoms with Gasteiger partial charge in [-0.2, -0.15) is 0 Å². The Bertz CT molecular complexity index is 1140. The molecule has 2 aromatic carbocycles. The minimum atomic E-state index is -0.299. The summed E-state index contributed by atoms with van der Waals surface area (Å²) >= 11 is 0. The van der Waals surface area contributed by atoms with Gasteiger partial charge in [-0.3, -0.25) is 14.6 Å². The van der Waals surface area contributed by atoms with E-state index >= 15 is 0 Å². The average molecular weight is 406 g/mol. The molecule has 1 aliphatic rings. The van der Waals surface area contributed by atoms with Crippen LogP contribution >= 0.6 is 0 Å². The monoisotopic (exact) mass is 406 g/mol. The van der Waals surface area contributed by atoms with Crippen LogP contribution < -0.4 is 15.8 Å². The van der Waals surface area contributed by atoms with E-state index in [0.29, 0.717) is 31.2 Å². The molecule has 2 N–H and O–H groups in total. The maximum atomic E-state index is 13.0. The van der Waals surface area contributed by atoms with Crippen LogP contribution in [0.4, 0.5) is 16.0 Å². The summed E-state index contributed by atoms with van der Waals surface area (Å²) in [5, 5.41) is 3.07. The van der Waals surface area contributed by atoms with Crippen molar-refractivity contribution in [1.29, 1.82) is 0 Å². The molecule has 1 fully saturated rings. The zero-order valence-corrected chi connectivity index (χ0v) is 16.9. The topological polar surface area (TPSA) is 78.1 Å². The lowest BCUT2D eigenvalue weighted by molar-refractivity contribution is -0.117. The Morgan fingerprint density at radius 1 is 1.17 bits per heavy atom. The highest BCUT2D eigenvalue weighted by Crippen LogP contribution is 2.33. The van der Waals surface area contributed by atoms with Crippen molar-refractivity contribution < 1.29 is 9.18 Å². The quantitative estimate of drug-likeness (QED) is 0.678. The smallest absolute Gasteiger partial charge is 0.252 e. The van der Waals surface area contributed by atoms with Crippen LogP contribution in [-0.2, 0) is 11.3 Å². The third kappa shape index (κ3) is 4.10. The molecule has 1 aromatic heterocycles. The third-order valence-corrected chi connectivity index (χ3v) is 5.54. The van der Waals surface area contributed by atoms with E-state index in [2.05, 4.69) is 15.3 Å². The molecule has 3 aromatic rings. The second-order valence-corrected chi connectivity index (χ2v) is 7.62. The van der Waals surface area contributed by atoms with Gasteiger partial charge in [-0.15, -0.1) is 0 Å². The normalized spacial score (nSPS) is 16.2. The van der Waals surface area contributed by atoms with Crippen LogP contribution in [0, 0.1) is 19.7 Å². The maximum Gasteiger partial charge on any atom is 0.252 e. The summed E-state index contributed by atoms with van der Waals surface area (Å²) in [6, 6.07) is 13.5. The van der Waals surface area contributed by atoms with Crippen molar-refractivity contribution >= 4 is 17.5 Å². The highest BCUT2D eigenvalue weighted by Gasteiger charge is 2.33. The average Bonchev–Trinajstić information content (AvgIpc) is 3.11. The molecule has 0 bridgehead atoms. The molecule has 4 rings (SSSR count). The van der Waals surface area contributed by atoms with Crippen molar-refractivity contribution in [3.05, 3.63) is 87.1 Å². The van der Waals surface area contributed by atoms with Crippen molar-refractivity contribution in [2.24, 2.45) is 0 Å². The fourth-order valence-corrected chi connectivity index (χ4v) is 3.72. The molecule has 0 saturated carbocycles. The van der Waals surface area contributed by atoms with E-state index in [0.717, 1.165) is 22.4 Å². The molecule has 1 saturated heterocycles. The van der Waals surface area contributed by atoms with Gasteiger partial charge in [0.05, 0.1) is 5.69 Å². The van der Waals surface area contributed by atoms with Gasteiger partial charge in [0, 0.05) is 37.2 Å². The number of H-pyrrole nitrogens is 1. The van der Waals surface area contributed by atoms with Gasteiger partial charge in [-0.1, -0.05) is 24.3 Å². The number of carbonyl (C=O) groups is 1. The van der Waals surface area contributed by atoms with E-state index in [1.807, 2.05) is 32.0 Å². The zero-order chi connectivity index (χ0) is 21.3. The summed E-state index contributed by atoms with van der Waals surface area (Å²) in [4.78, 5) is 33.9. The molecule has 7 heteroatoms. The molecule has 154 valence electrons. The number of nitrogens with one attached hydrogen (secondary N) is 2. The first-order chi connectivity index (χ1) is 14.4. The summed E-state index contributed by atoms with van der Waals surface area (Å²) in [6.45, 7) is 4.91. The second-order valence-electron chi connectivity index (χ2n) is 7.62. The number of carbonyl (C=O) groups excluding carboxylic acids is 1. The number of aromatic nitrogens is 2. The third-order valence-electron chi connectivity index (χ3n) is 5.54. The van der Waals surface area contributed by atoms with E-state index in [1.54, 1.807) is 17.0 Å². The molecule has 1 aliphatic heterocycles. The van der Waals surface area contributed by atoms with Gasteiger partial charge in [0.1, 0.15) is 5.82 Å². The first-order valence-corrected chi connectivity index (χ1v) is 9.87. The highest BCUT2D eigenvalue weighted by molar-refractivity contribution is 5.97. The first kappa shape index (κ1) is 19.8. The highest BCUT2D eigenvalue weighted by atomic mass is 19.1. The second kappa shape index (κ2) is 8.10. The van der Waals surface area contributed by atoms with E-state index in [1.165, 1.54) is 18.2 Å². The number of hydrogen-bond acceptors (Lipinski definition) is 4. The molecule has 0 radical (unpaired) electrons. The van der Waals surface area contributed by atoms with Crippen molar-refractivity contribution in [2.75, 3.05) is 16.8 Å². The van der Waals surface area contributed by atoms with Crippen molar-refractivity contribution in [3.63, 3.8) is 0 Å². The number of anilines is 2. The number of benzene rings is 2. The van der Waals surface area contributed by atoms with Gasteiger partial charge >= 0.3 is 0 Å². The Balaban J connectivity index is 1.53. The molecule has 1 amide bonds. The number of aryl methyl sites for hydroxylation is 1. The summed E-state index contributed by atoms with van der Waals surface area (Å²) in [7, 11) is 0. The number of hydrogen-bond donors (Lipinski definition) is 2. The number of amides is 1. The Morgan fingerprint density at radius 3 is 2.70 bits per heavy atom. The number of nitrogens with zero attached hydrogens (tertiary/aromatic N) is 2. The van der Waals surface area contributed by atoms with Gasteiger partial charge in [-0.25, -0.2) is 9.37 Å². The minimum Gasteiger partial charge on any atom is -0.352 e. The summed E-state index contributed by atoms with van der Waals surface area (Å²) < 4.78 is 13.0. The molecule has 1 unspecified atom stereocenters. The number of aromatic amines is 1. The van der Waals surface area contributed by atoms with Crippen LogP contribution in [-0.4, -0.2) is 22.4 Å². The molecule has 30 heavy (non-hydrogen) atoms. The summed E-state index contributed by atoms with van der Waals surface area (Å²) in [5.41, 5.74) is 4.28. The van der Waals surface area contributed by atoms with E-state index < -0.39 is 0 Å². The van der Waals surface area contributed by atoms with Crippen LogP contribution in [0.5, 0.6) is 0 Å². The van der Waals surface area contributed by atoms with Crippen LogP contribution in [0.25, 0.3) is 0 Å².